The van der Waals surface area contributed by atoms with Gasteiger partial charge in [0.2, 0.25) is 0 Å². The van der Waals surface area contributed by atoms with Crippen LogP contribution in [0.5, 0.6) is 0 Å². The summed E-state index contributed by atoms with van der Waals surface area (Å²) in [5.74, 6) is 0.700. The second-order valence-electron chi connectivity index (χ2n) is 7.36. The number of morpholine rings is 1. The SMILES string of the molecule is C[C@H]1CN(CCC2CCN(c3ccncc3[N+](=O)[O-])CC2)C[C@H](C)O1. The summed E-state index contributed by atoms with van der Waals surface area (Å²) in [6, 6.07) is 1.76. The van der Waals surface area contributed by atoms with Crippen LogP contribution in [-0.4, -0.2) is 59.7 Å². The van der Waals surface area contributed by atoms with Gasteiger partial charge in [-0.25, -0.2) is 0 Å². The number of nitro groups is 1. The number of rotatable bonds is 5. The Labute approximate surface area is 149 Å². The Kier molecular flexibility index (Phi) is 5.86. The predicted octanol–water partition coefficient (Wildman–Crippen LogP) is 2.71. The quantitative estimate of drug-likeness (QED) is 0.602. The first-order valence-electron chi connectivity index (χ1n) is 9.24. The van der Waals surface area contributed by atoms with Crippen molar-refractivity contribution in [2.45, 2.75) is 45.3 Å². The number of nitrogens with zero attached hydrogens (tertiary/aromatic N) is 4. The topological polar surface area (TPSA) is 71.7 Å². The molecule has 0 unspecified atom stereocenters. The molecule has 0 spiro atoms. The lowest BCUT2D eigenvalue weighted by atomic mass is 9.93. The molecule has 1 aromatic rings. The van der Waals surface area contributed by atoms with Crippen molar-refractivity contribution in [3.05, 3.63) is 28.6 Å². The Morgan fingerprint density at radius 2 is 1.96 bits per heavy atom. The van der Waals surface area contributed by atoms with Crippen LogP contribution in [0.4, 0.5) is 11.4 Å². The third kappa shape index (κ3) is 4.67. The van der Waals surface area contributed by atoms with E-state index in [1.165, 1.54) is 12.6 Å². The molecule has 0 bridgehead atoms. The molecule has 3 heterocycles. The number of aromatic nitrogens is 1. The Morgan fingerprint density at radius 1 is 1.28 bits per heavy atom. The Bertz CT molecular complexity index is 579. The molecule has 0 saturated carbocycles. The van der Waals surface area contributed by atoms with Gasteiger partial charge in [-0.1, -0.05) is 0 Å². The number of hydrogen-bond donors (Lipinski definition) is 0. The van der Waals surface area contributed by atoms with E-state index in [0.717, 1.165) is 45.6 Å². The Balaban J connectivity index is 1.48. The van der Waals surface area contributed by atoms with Gasteiger partial charge in [-0.2, -0.15) is 0 Å². The average Bonchev–Trinajstić information content (AvgIpc) is 2.59. The molecule has 3 rings (SSSR count). The molecule has 7 nitrogen and oxygen atoms in total. The predicted molar refractivity (Wildman–Crippen MR) is 96.9 cm³/mol. The van der Waals surface area contributed by atoms with Gasteiger partial charge in [0.05, 0.1) is 17.1 Å². The molecule has 7 heteroatoms. The summed E-state index contributed by atoms with van der Waals surface area (Å²) in [6.45, 7) is 9.21. The highest BCUT2D eigenvalue weighted by Crippen LogP contribution is 2.31. The van der Waals surface area contributed by atoms with Crippen LogP contribution in [0.3, 0.4) is 0 Å². The number of piperidine rings is 1. The van der Waals surface area contributed by atoms with Crippen molar-refractivity contribution in [2.75, 3.05) is 37.6 Å². The van der Waals surface area contributed by atoms with E-state index in [4.69, 9.17) is 4.74 Å². The fourth-order valence-electron chi connectivity index (χ4n) is 4.08. The van der Waals surface area contributed by atoms with Crippen LogP contribution in [0.15, 0.2) is 18.5 Å². The van der Waals surface area contributed by atoms with E-state index in [1.54, 1.807) is 12.3 Å². The van der Waals surface area contributed by atoms with E-state index in [2.05, 4.69) is 28.6 Å². The number of pyridine rings is 1. The maximum atomic E-state index is 11.2. The zero-order valence-corrected chi connectivity index (χ0v) is 15.1. The molecule has 25 heavy (non-hydrogen) atoms. The summed E-state index contributed by atoms with van der Waals surface area (Å²) in [6.07, 6.45) is 7.00. The number of hydrogen-bond acceptors (Lipinski definition) is 6. The summed E-state index contributed by atoms with van der Waals surface area (Å²) in [5, 5.41) is 11.2. The molecule has 0 aliphatic carbocycles. The van der Waals surface area contributed by atoms with Crippen LogP contribution in [0, 0.1) is 16.0 Å². The molecular formula is C18H28N4O3. The monoisotopic (exact) mass is 348 g/mol. The van der Waals surface area contributed by atoms with Crippen molar-refractivity contribution >= 4 is 11.4 Å². The maximum Gasteiger partial charge on any atom is 0.310 e. The van der Waals surface area contributed by atoms with Gasteiger partial charge >= 0.3 is 5.69 Å². The van der Waals surface area contributed by atoms with E-state index in [9.17, 15) is 10.1 Å². The molecule has 2 saturated heterocycles. The van der Waals surface area contributed by atoms with Gasteiger partial charge in [0.25, 0.3) is 0 Å². The molecule has 2 atom stereocenters. The van der Waals surface area contributed by atoms with Crippen molar-refractivity contribution in [3.63, 3.8) is 0 Å². The van der Waals surface area contributed by atoms with Gasteiger partial charge < -0.3 is 9.64 Å². The smallest absolute Gasteiger partial charge is 0.310 e. The van der Waals surface area contributed by atoms with Gasteiger partial charge in [-0.15, -0.1) is 0 Å². The van der Waals surface area contributed by atoms with E-state index in [-0.39, 0.29) is 10.6 Å². The Hall–Kier alpha value is -1.73. The van der Waals surface area contributed by atoms with Gasteiger partial charge in [0.1, 0.15) is 11.9 Å². The van der Waals surface area contributed by atoms with Gasteiger partial charge in [-0.3, -0.25) is 20.0 Å². The van der Waals surface area contributed by atoms with Crippen LogP contribution in [0.25, 0.3) is 0 Å². The fraction of sp³-hybridized carbons (Fsp3) is 0.722. The zero-order valence-electron chi connectivity index (χ0n) is 15.1. The largest absolute Gasteiger partial charge is 0.373 e. The zero-order chi connectivity index (χ0) is 17.8. The fourth-order valence-corrected chi connectivity index (χ4v) is 4.08. The van der Waals surface area contributed by atoms with Crippen LogP contribution in [0.2, 0.25) is 0 Å². The Morgan fingerprint density at radius 3 is 2.60 bits per heavy atom. The van der Waals surface area contributed by atoms with Crippen molar-refractivity contribution in [3.8, 4) is 0 Å². The molecule has 2 aliphatic rings. The maximum absolute atomic E-state index is 11.2. The molecule has 0 amide bonds. The molecule has 2 fully saturated rings. The molecule has 2 aliphatic heterocycles. The second-order valence-corrected chi connectivity index (χ2v) is 7.36. The van der Waals surface area contributed by atoms with E-state index in [1.807, 2.05) is 0 Å². The summed E-state index contributed by atoms with van der Waals surface area (Å²) >= 11 is 0. The highest BCUT2D eigenvalue weighted by molar-refractivity contribution is 5.61. The third-order valence-electron chi connectivity index (χ3n) is 5.28. The van der Waals surface area contributed by atoms with Crippen LogP contribution in [-0.2, 0) is 4.74 Å². The molecular weight excluding hydrogens is 320 g/mol. The van der Waals surface area contributed by atoms with Crippen molar-refractivity contribution in [2.24, 2.45) is 5.92 Å². The third-order valence-corrected chi connectivity index (χ3v) is 5.28. The standard InChI is InChI=1S/C18H28N4O3/c1-14-12-20(13-15(2)25-14)8-4-16-5-9-21(10-6-16)17-3-7-19-11-18(17)22(23)24/h3,7,11,14-16H,4-6,8-10,12-13H2,1-2H3/t14-,15-/m0/s1. The van der Waals surface area contributed by atoms with Gasteiger partial charge in [-0.05, 0) is 51.6 Å². The first kappa shape index (κ1) is 18.1. The van der Waals surface area contributed by atoms with E-state index in [0.29, 0.717) is 23.8 Å². The molecule has 1 aromatic heterocycles. The lowest BCUT2D eigenvalue weighted by Gasteiger charge is -2.37. The van der Waals surface area contributed by atoms with Crippen molar-refractivity contribution in [1.29, 1.82) is 0 Å². The summed E-state index contributed by atoms with van der Waals surface area (Å²) in [4.78, 5) is 19.4. The number of anilines is 1. The molecule has 0 radical (unpaired) electrons. The van der Waals surface area contributed by atoms with E-state index >= 15 is 0 Å². The lowest BCUT2D eigenvalue weighted by Crippen LogP contribution is -2.46. The average molecular weight is 348 g/mol. The highest BCUT2D eigenvalue weighted by Gasteiger charge is 2.26. The minimum atomic E-state index is -0.338. The van der Waals surface area contributed by atoms with Gasteiger partial charge in [0.15, 0.2) is 0 Å². The van der Waals surface area contributed by atoms with Crippen LogP contribution >= 0.6 is 0 Å². The molecule has 0 N–H and O–H groups in total. The van der Waals surface area contributed by atoms with Crippen LogP contribution in [0.1, 0.15) is 33.1 Å². The van der Waals surface area contributed by atoms with Crippen LogP contribution < -0.4 is 4.90 Å². The minimum Gasteiger partial charge on any atom is -0.373 e. The van der Waals surface area contributed by atoms with E-state index < -0.39 is 0 Å². The summed E-state index contributed by atoms with van der Waals surface area (Å²) in [7, 11) is 0. The normalized spacial score (nSPS) is 25.9. The summed E-state index contributed by atoms with van der Waals surface area (Å²) < 4.78 is 5.79. The first-order chi connectivity index (χ1) is 12.0. The number of ether oxygens (including phenoxy) is 1. The van der Waals surface area contributed by atoms with Crippen molar-refractivity contribution in [1.82, 2.24) is 9.88 Å². The van der Waals surface area contributed by atoms with Gasteiger partial charge in [0, 0.05) is 32.4 Å². The molecule has 0 aromatic carbocycles. The molecule has 138 valence electrons. The highest BCUT2D eigenvalue weighted by atomic mass is 16.6. The summed E-state index contributed by atoms with van der Waals surface area (Å²) in [5.41, 5.74) is 0.812. The lowest BCUT2D eigenvalue weighted by molar-refractivity contribution is -0.384. The minimum absolute atomic E-state index is 0.109. The second kappa shape index (κ2) is 8.10. The first-order valence-corrected chi connectivity index (χ1v) is 9.24. The van der Waals surface area contributed by atoms with Crippen molar-refractivity contribution < 1.29 is 9.66 Å².